The van der Waals surface area contributed by atoms with E-state index in [-0.39, 0.29) is 6.04 Å². The molecule has 0 saturated carbocycles. The molecule has 0 amide bonds. The van der Waals surface area contributed by atoms with Gasteiger partial charge in [-0.15, -0.1) is 0 Å². The van der Waals surface area contributed by atoms with Crippen molar-refractivity contribution in [2.24, 2.45) is 0 Å². The summed E-state index contributed by atoms with van der Waals surface area (Å²) in [5, 5.41) is 9.59. The van der Waals surface area contributed by atoms with Gasteiger partial charge < -0.3 is 9.84 Å². The van der Waals surface area contributed by atoms with Gasteiger partial charge in [0.05, 0.1) is 7.11 Å². The van der Waals surface area contributed by atoms with Gasteiger partial charge in [-0.05, 0) is 63.8 Å². The maximum atomic E-state index is 11.7. The van der Waals surface area contributed by atoms with Gasteiger partial charge in [-0.25, -0.2) is 0 Å². The molecule has 0 aromatic heterocycles. The highest BCUT2D eigenvalue weighted by Gasteiger charge is 2.43. The zero-order valence-corrected chi connectivity index (χ0v) is 13.1. The lowest BCUT2D eigenvalue weighted by molar-refractivity contribution is -0.154. The van der Waals surface area contributed by atoms with Gasteiger partial charge in [-0.3, -0.25) is 9.69 Å². The van der Waals surface area contributed by atoms with E-state index in [4.69, 9.17) is 4.74 Å². The van der Waals surface area contributed by atoms with Crippen LogP contribution in [-0.4, -0.2) is 41.2 Å². The van der Waals surface area contributed by atoms with Gasteiger partial charge in [-0.2, -0.15) is 0 Å². The highest BCUT2D eigenvalue weighted by atomic mass is 16.5. The van der Waals surface area contributed by atoms with E-state index in [0.29, 0.717) is 0 Å². The van der Waals surface area contributed by atoms with E-state index in [1.165, 1.54) is 5.56 Å². The van der Waals surface area contributed by atoms with Gasteiger partial charge in [0.15, 0.2) is 0 Å². The number of ether oxygens (including phenoxy) is 1. The molecule has 1 saturated heterocycles. The number of likely N-dealkylation sites (tertiary alicyclic amines) is 1. The fraction of sp³-hybridized carbons (Fsp3) is 0.588. The van der Waals surface area contributed by atoms with E-state index >= 15 is 0 Å². The summed E-state index contributed by atoms with van der Waals surface area (Å²) in [5.74, 6) is 0.142. The third-order valence-corrected chi connectivity index (χ3v) is 4.63. The van der Waals surface area contributed by atoms with Crippen molar-refractivity contribution in [1.29, 1.82) is 0 Å². The molecule has 4 heteroatoms. The quantitative estimate of drug-likeness (QED) is 0.906. The minimum Gasteiger partial charge on any atom is -0.497 e. The minimum absolute atomic E-state index is 0.208. The summed E-state index contributed by atoms with van der Waals surface area (Å²) in [5.41, 5.74) is 0.478. The molecule has 1 heterocycles. The van der Waals surface area contributed by atoms with Gasteiger partial charge in [0.1, 0.15) is 11.3 Å². The number of aliphatic carboxylic acids is 1. The molecule has 21 heavy (non-hydrogen) atoms. The number of hydrogen-bond donors (Lipinski definition) is 1. The summed E-state index contributed by atoms with van der Waals surface area (Å²) >= 11 is 0. The molecule has 1 aromatic carbocycles. The second kappa shape index (κ2) is 6.48. The molecule has 0 aliphatic carbocycles. The Balaban J connectivity index is 2.09. The molecule has 1 aliphatic heterocycles. The molecule has 2 unspecified atom stereocenters. The smallest absolute Gasteiger partial charge is 0.323 e. The molecule has 116 valence electrons. The van der Waals surface area contributed by atoms with E-state index in [1.54, 1.807) is 7.11 Å². The average Bonchev–Trinajstić information content (AvgIpc) is 2.48. The van der Waals surface area contributed by atoms with Crippen LogP contribution in [0.3, 0.4) is 0 Å². The van der Waals surface area contributed by atoms with Crippen molar-refractivity contribution in [3.8, 4) is 5.75 Å². The summed E-state index contributed by atoms with van der Waals surface area (Å²) in [6, 6.07) is 8.22. The Morgan fingerprint density at radius 3 is 2.62 bits per heavy atom. The first-order valence-electron chi connectivity index (χ1n) is 7.60. The molecule has 1 aliphatic rings. The maximum Gasteiger partial charge on any atom is 0.323 e. The maximum absolute atomic E-state index is 11.7. The van der Waals surface area contributed by atoms with E-state index in [2.05, 4.69) is 24.0 Å². The van der Waals surface area contributed by atoms with Crippen LogP contribution in [0.5, 0.6) is 5.75 Å². The summed E-state index contributed by atoms with van der Waals surface area (Å²) in [4.78, 5) is 13.8. The number of rotatable bonds is 5. The lowest BCUT2D eigenvalue weighted by Crippen LogP contribution is -2.58. The Hall–Kier alpha value is -1.55. The Morgan fingerprint density at radius 1 is 1.38 bits per heavy atom. The Kier molecular flexibility index (Phi) is 4.88. The van der Waals surface area contributed by atoms with E-state index in [9.17, 15) is 9.90 Å². The zero-order chi connectivity index (χ0) is 15.5. The lowest BCUT2D eigenvalue weighted by atomic mass is 9.86. The largest absolute Gasteiger partial charge is 0.497 e. The molecule has 1 N–H and O–H groups in total. The molecule has 1 aromatic rings. The zero-order valence-electron chi connectivity index (χ0n) is 13.1. The first kappa shape index (κ1) is 15.8. The number of piperidine rings is 1. The van der Waals surface area contributed by atoms with Gasteiger partial charge in [0, 0.05) is 6.04 Å². The van der Waals surface area contributed by atoms with Crippen molar-refractivity contribution < 1.29 is 14.6 Å². The second-order valence-corrected chi connectivity index (χ2v) is 6.13. The summed E-state index contributed by atoms with van der Waals surface area (Å²) in [6.07, 6.45) is 3.66. The number of hydrogen-bond acceptors (Lipinski definition) is 3. The Labute approximate surface area is 126 Å². The Bertz CT molecular complexity index is 485. The third kappa shape index (κ3) is 3.38. The predicted octanol–water partition coefficient (Wildman–Crippen LogP) is 2.96. The molecule has 2 rings (SSSR count). The minimum atomic E-state index is -0.732. The third-order valence-electron chi connectivity index (χ3n) is 4.63. The lowest BCUT2D eigenvalue weighted by Gasteiger charge is -2.45. The molecular formula is C17H25NO3. The van der Waals surface area contributed by atoms with Crippen LogP contribution in [0.25, 0.3) is 0 Å². The van der Waals surface area contributed by atoms with Crippen molar-refractivity contribution in [1.82, 2.24) is 4.90 Å². The topological polar surface area (TPSA) is 49.8 Å². The highest BCUT2D eigenvalue weighted by Crippen LogP contribution is 2.31. The number of carboxylic acid groups (broad SMARTS) is 1. The van der Waals surface area contributed by atoms with Crippen LogP contribution in [0.2, 0.25) is 0 Å². The van der Waals surface area contributed by atoms with Crippen molar-refractivity contribution in [2.45, 2.75) is 51.1 Å². The first-order chi connectivity index (χ1) is 9.97. The van der Waals surface area contributed by atoms with Crippen LogP contribution >= 0.6 is 0 Å². The first-order valence-corrected chi connectivity index (χ1v) is 7.60. The fourth-order valence-electron chi connectivity index (χ4n) is 3.29. The van der Waals surface area contributed by atoms with E-state index in [1.807, 2.05) is 19.1 Å². The second-order valence-electron chi connectivity index (χ2n) is 6.13. The van der Waals surface area contributed by atoms with Gasteiger partial charge >= 0.3 is 5.97 Å². The van der Waals surface area contributed by atoms with E-state index in [0.717, 1.165) is 38.0 Å². The standard InChI is InChI=1S/C17H25NO3/c1-13(12-14-6-8-15(21-3)9-7-14)18-11-5-4-10-17(18,2)16(19)20/h6-9,13H,4-5,10-12H2,1-3H3,(H,19,20). The fourth-order valence-corrected chi connectivity index (χ4v) is 3.29. The summed E-state index contributed by atoms with van der Waals surface area (Å²) in [7, 11) is 1.66. The van der Waals surface area contributed by atoms with Crippen LogP contribution in [0, 0.1) is 0 Å². The predicted molar refractivity (Wildman–Crippen MR) is 82.8 cm³/mol. The van der Waals surface area contributed by atoms with Crippen molar-refractivity contribution in [3.63, 3.8) is 0 Å². The number of nitrogens with zero attached hydrogens (tertiary/aromatic N) is 1. The van der Waals surface area contributed by atoms with Crippen LogP contribution in [0.15, 0.2) is 24.3 Å². The van der Waals surface area contributed by atoms with Crippen LogP contribution in [0.4, 0.5) is 0 Å². The number of carbonyl (C=O) groups is 1. The molecular weight excluding hydrogens is 266 g/mol. The molecule has 0 spiro atoms. The molecule has 1 fully saturated rings. The number of methoxy groups -OCH3 is 1. The van der Waals surface area contributed by atoms with Crippen molar-refractivity contribution >= 4 is 5.97 Å². The number of carboxylic acids is 1. The monoisotopic (exact) mass is 291 g/mol. The van der Waals surface area contributed by atoms with Crippen LogP contribution in [-0.2, 0) is 11.2 Å². The van der Waals surface area contributed by atoms with Gasteiger partial charge in [-0.1, -0.05) is 12.1 Å². The molecule has 4 nitrogen and oxygen atoms in total. The SMILES string of the molecule is COc1ccc(CC(C)N2CCCCC2(C)C(=O)O)cc1. The highest BCUT2D eigenvalue weighted by molar-refractivity contribution is 5.78. The van der Waals surface area contributed by atoms with Crippen LogP contribution < -0.4 is 4.74 Å². The molecule has 0 radical (unpaired) electrons. The Morgan fingerprint density at radius 2 is 2.05 bits per heavy atom. The van der Waals surface area contributed by atoms with E-state index < -0.39 is 11.5 Å². The van der Waals surface area contributed by atoms with Gasteiger partial charge in [0.2, 0.25) is 0 Å². The molecule has 0 bridgehead atoms. The normalized spacial score (nSPS) is 24.5. The average molecular weight is 291 g/mol. The summed E-state index contributed by atoms with van der Waals surface area (Å²) < 4.78 is 5.17. The molecule has 2 atom stereocenters. The number of benzene rings is 1. The van der Waals surface area contributed by atoms with Crippen LogP contribution in [0.1, 0.15) is 38.7 Å². The van der Waals surface area contributed by atoms with Gasteiger partial charge in [0.25, 0.3) is 0 Å². The van der Waals surface area contributed by atoms with Crippen molar-refractivity contribution in [2.75, 3.05) is 13.7 Å². The summed E-state index contributed by atoms with van der Waals surface area (Å²) in [6.45, 7) is 4.84. The van der Waals surface area contributed by atoms with Crippen molar-refractivity contribution in [3.05, 3.63) is 29.8 Å².